The highest BCUT2D eigenvalue weighted by molar-refractivity contribution is 9.10. The fraction of sp³-hybridized carbons (Fsp3) is 0.250. The Morgan fingerprint density at radius 1 is 1.29 bits per heavy atom. The second-order valence-corrected chi connectivity index (χ2v) is 4.17. The number of alkyl halides is 3. The van der Waals surface area contributed by atoms with E-state index in [1.807, 2.05) is 0 Å². The summed E-state index contributed by atoms with van der Waals surface area (Å²) in [7, 11) is 0. The van der Waals surface area contributed by atoms with Crippen LogP contribution in [-0.4, -0.2) is 6.26 Å². The molecular formula is C8H5BrF4S. The summed E-state index contributed by atoms with van der Waals surface area (Å²) in [5.41, 5.74) is -1.23. The van der Waals surface area contributed by atoms with Gasteiger partial charge in [0.2, 0.25) is 0 Å². The second kappa shape index (κ2) is 4.10. The molecule has 0 N–H and O–H groups in total. The maximum atomic E-state index is 12.9. The zero-order valence-corrected chi connectivity index (χ0v) is 9.36. The van der Waals surface area contributed by atoms with Crippen LogP contribution in [0.2, 0.25) is 0 Å². The Kier molecular flexibility index (Phi) is 3.47. The average molecular weight is 289 g/mol. The molecule has 0 saturated heterocycles. The first-order valence-electron chi connectivity index (χ1n) is 3.46. The number of hydrogen-bond donors (Lipinski definition) is 0. The largest absolute Gasteiger partial charge is 0.419 e. The van der Waals surface area contributed by atoms with E-state index in [0.29, 0.717) is 9.37 Å². The molecule has 0 fully saturated rings. The van der Waals surface area contributed by atoms with E-state index < -0.39 is 17.6 Å². The van der Waals surface area contributed by atoms with Gasteiger partial charge in [0.05, 0.1) is 5.56 Å². The van der Waals surface area contributed by atoms with Gasteiger partial charge in [-0.15, -0.1) is 11.8 Å². The SMILES string of the molecule is CSc1cc(C(F)(F)F)c(F)cc1Br. The van der Waals surface area contributed by atoms with Gasteiger partial charge in [-0.25, -0.2) is 4.39 Å². The molecule has 0 amide bonds. The first-order valence-corrected chi connectivity index (χ1v) is 5.48. The van der Waals surface area contributed by atoms with Crippen molar-refractivity contribution in [2.75, 3.05) is 6.26 Å². The average Bonchev–Trinajstić information content (AvgIpc) is 2.02. The van der Waals surface area contributed by atoms with E-state index in [9.17, 15) is 17.6 Å². The summed E-state index contributed by atoms with van der Waals surface area (Å²) in [5, 5.41) is 0. The Labute approximate surface area is 90.8 Å². The maximum absolute atomic E-state index is 12.9. The molecule has 78 valence electrons. The first kappa shape index (κ1) is 11.8. The van der Waals surface area contributed by atoms with Crippen molar-refractivity contribution in [2.24, 2.45) is 0 Å². The highest BCUT2D eigenvalue weighted by Crippen LogP contribution is 2.36. The third kappa shape index (κ3) is 2.42. The normalized spacial score (nSPS) is 11.9. The van der Waals surface area contributed by atoms with E-state index in [1.165, 1.54) is 0 Å². The number of thioether (sulfide) groups is 1. The van der Waals surface area contributed by atoms with Crippen molar-refractivity contribution in [2.45, 2.75) is 11.1 Å². The Morgan fingerprint density at radius 3 is 2.29 bits per heavy atom. The number of rotatable bonds is 1. The molecule has 0 aliphatic heterocycles. The molecule has 0 aliphatic rings. The molecule has 0 atom stereocenters. The van der Waals surface area contributed by atoms with Gasteiger partial charge in [0, 0.05) is 9.37 Å². The fourth-order valence-corrected chi connectivity index (χ4v) is 2.19. The van der Waals surface area contributed by atoms with Crippen molar-refractivity contribution in [3.05, 3.63) is 28.0 Å². The molecule has 1 rings (SSSR count). The van der Waals surface area contributed by atoms with Gasteiger partial charge in [-0.2, -0.15) is 13.2 Å². The van der Waals surface area contributed by atoms with Crippen LogP contribution in [0.25, 0.3) is 0 Å². The molecule has 0 bridgehead atoms. The van der Waals surface area contributed by atoms with E-state index >= 15 is 0 Å². The summed E-state index contributed by atoms with van der Waals surface area (Å²) in [6.07, 6.45) is -3.02. The lowest BCUT2D eigenvalue weighted by atomic mass is 10.2. The number of hydrogen-bond acceptors (Lipinski definition) is 1. The van der Waals surface area contributed by atoms with Crippen molar-refractivity contribution < 1.29 is 17.6 Å². The lowest BCUT2D eigenvalue weighted by molar-refractivity contribution is -0.140. The molecule has 14 heavy (non-hydrogen) atoms. The highest BCUT2D eigenvalue weighted by atomic mass is 79.9. The molecule has 0 unspecified atom stereocenters. The molecule has 1 aromatic carbocycles. The molecule has 0 nitrogen and oxygen atoms in total. The van der Waals surface area contributed by atoms with Crippen LogP contribution in [-0.2, 0) is 6.18 Å². The molecule has 0 heterocycles. The first-order chi connectivity index (χ1) is 6.36. The monoisotopic (exact) mass is 288 g/mol. The molecule has 0 spiro atoms. The van der Waals surface area contributed by atoms with Gasteiger partial charge in [-0.1, -0.05) is 0 Å². The van der Waals surface area contributed by atoms with Crippen LogP contribution in [0, 0.1) is 5.82 Å². The van der Waals surface area contributed by atoms with Crippen LogP contribution in [0.1, 0.15) is 5.56 Å². The van der Waals surface area contributed by atoms with Crippen LogP contribution in [0.4, 0.5) is 17.6 Å². The topological polar surface area (TPSA) is 0 Å². The third-order valence-corrected chi connectivity index (χ3v) is 3.24. The maximum Gasteiger partial charge on any atom is 0.419 e. The third-order valence-electron chi connectivity index (χ3n) is 1.55. The smallest absolute Gasteiger partial charge is 0.206 e. The van der Waals surface area contributed by atoms with Gasteiger partial charge in [-0.3, -0.25) is 0 Å². The van der Waals surface area contributed by atoms with E-state index in [4.69, 9.17) is 0 Å². The molecule has 6 heteroatoms. The molecule has 1 aromatic rings. The minimum absolute atomic E-state index is 0.329. The van der Waals surface area contributed by atoms with Gasteiger partial charge in [-0.05, 0) is 34.3 Å². The van der Waals surface area contributed by atoms with Crippen molar-refractivity contribution in [3.8, 4) is 0 Å². The zero-order chi connectivity index (χ0) is 10.9. The van der Waals surface area contributed by atoms with E-state index in [2.05, 4.69) is 15.9 Å². The van der Waals surface area contributed by atoms with E-state index in [1.54, 1.807) is 6.26 Å². The molecule has 0 aromatic heterocycles. The predicted octanol–water partition coefficient (Wildman–Crippen LogP) is 4.33. The lowest BCUT2D eigenvalue weighted by Gasteiger charge is -2.10. The summed E-state index contributed by atoms with van der Waals surface area (Å²) >= 11 is 4.10. The standard InChI is InChI=1S/C8H5BrF4S/c1-14-7-2-4(8(11,12)13)6(10)3-5(7)9/h2-3H,1H3. The number of halogens is 5. The van der Waals surface area contributed by atoms with Crippen LogP contribution in [0.3, 0.4) is 0 Å². The Hall–Kier alpha value is -0.230. The summed E-state index contributed by atoms with van der Waals surface area (Å²) in [6.45, 7) is 0. The summed E-state index contributed by atoms with van der Waals surface area (Å²) in [5.74, 6) is -1.26. The number of benzene rings is 1. The Balaban J connectivity index is 3.32. The molecular weight excluding hydrogens is 284 g/mol. The lowest BCUT2D eigenvalue weighted by Crippen LogP contribution is -2.08. The molecule has 0 aliphatic carbocycles. The van der Waals surface area contributed by atoms with E-state index in [-0.39, 0.29) is 0 Å². The van der Waals surface area contributed by atoms with Gasteiger partial charge in [0.15, 0.2) is 0 Å². The predicted molar refractivity (Wildman–Crippen MR) is 50.9 cm³/mol. The van der Waals surface area contributed by atoms with Gasteiger partial charge in [0.1, 0.15) is 5.82 Å². The zero-order valence-electron chi connectivity index (χ0n) is 6.95. The van der Waals surface area contributed by atoms with Crippen LogP contribution >= 0.6 is 27.7 Å². The summed E-state index contributed by atoms with van der Waals surface area (Å²) in [6, 6.07) is 1.62. The summed E-state index contributed by atoms with van der Waals surface area (Å²) < 4.78 is 49.9. The Morgan fingerprint density at radius 2 is 1.86 bits per heavy atom. The van der Waals surface area contributed by atoms with E-state index in [0.717, 1.165) is 23.9 Å². The second-order valence-electron chi connectivity index (χ2n) is 2.46. The molecule has 0 radical (unpaired) electrons. The van der Waals surface area contributed by atoms with Crippen LogP contribution in [0.5, 0.6) is 0 Å². The highest BCUT2D eigenvalue weighted by Gasteiger charge is 2.34. The minimum Gasteiger partial charge on any atom is -0.206 e. The minimum atomic E-state index is -4.64. The fourth-order valence-electron chi connectivity index (χ4n) is 0.903. The van der Waals surface area contributed by atoms with Crippen molar-refractivity contribution >= 4 is 27.7 Å². The van der Waals surface area contributed by atoms with Gasteiger partial charge in [0.25, 0.3) is 0 Å². The van der Waals surface area contributed by atoms with Gasteiger partial charge >= 0.3 is 6.18 Å². The quantitative estimate of drug-likeness (QED) is 0.548. The van der Waals surface area contributed by atoms with Crippen molar-refractivity contribution in [1.29, 1.82) is 0 Å². The van der Waals surface area contributed by atoms with Gasteiger partial charge < -0.3 is 0 Å². The Bertz CT molecular complexity index is 348. The van der Waals surface area contributed by atoms with Crippen molar-refractivity contribution in [1.82, 2.24) is 0 Å². The van der Waals surface area contributed by atoms with Crippen LogP contribution < -0.4 is 0 Å². The van der Waals surface area contributed by atoms with Crippen molar-refractivity contribution in [3.63, 3.8) is 0 Å². The summed E-state index contributed by atoms with van der Waals surface area (Å²) in [4.78, 5) is 0.360. The van der Waals surface area contributed by atoms with Crippen LogP contribution in [0.15, 0.2) is 21.5 Å². The molecule has 0 saturated carbocycles.